The van der Waals surface area contributed by atoms with E-state index in [2.05, 4.69) is 10.6 Å². The first-order valence-corrected chi connectivity index (χ1v) is 8.09. The Morgan fingerprint density at radius 2 is 2.05 bits per heavy atom. The van der Waals surface area contributed by atoms with Crippen LogP contribution in [0.4, 0.5) is 10.5 Å². The first kappa shape index (κ1) is 17.4. The van der Waals surface area contributed by atoms with E-state index in [1.807, 2.05) is 38.3 Å². The fourth-order valence-electron chi connectivity index (χ4n) is 1.81. The van der Waals surface area contributed by atoms with Gasteiger partial charge in [-0.3, -0.25) is 0 Å². The molecule has 0 saturated heterocycles. The van der Waals surface area contributed by atoms with Crippen molar-refractivity contribution in [2.75, 3.05) is 24.4 Å². The van der Waals surface area contributed by atoms with E-state index >= 15 is 0 Å². The van der Waals surface area contributed by atoms with Crippen molar-refractivity contribution in [2.24, 2.45) is 0 Å². The van der Waals surface area contributed by atoms with E-state index in [9.17, 15) is 9.59 Å². The number of benzene rings is 1. The minimum absolute atomic E-state index is 0.403. The number of carbonyl (C=O) groups excluding carboxylic acids is 2. The van der Waals surface area contributed by atoms with Gasteiger partial charge in [0.2, 0.25) is 0 Å². The lowest BCUT2D eigenvalue weighted by Crippen LogP contribution is -2.44. The number of esters is 1. The molecule has 0 bridgehead atoms. The lowest BCUT2D eigenvalue weighted by molar-refractivity contribution is -0.142. The largest absolute Gasteiger partial charge is 0.467 e. The van der Waals surface area contributed by atoms with E-state index in [4.69, 9.17) is 4.74 Å². The molecule has 1 atom stereocenters. The molecule has 1 rings (SSSR count). The Hall–Kier alpha value is -1.69. The van der Waals surface area contributed by atoms with Crippen molar-refractivity contribution in [1.29, 1.82) is 0 Å². The van der Waals surface area contributed by atoms with Crippen molar-refractivity contribution in [3.8, 4) is 0 Å². The predicted molar refractivity (Wildman–Crippen MR) is 86.9 cm³/mol. The van der Waals surface area contributed by atoms with Gasteiger partial charge < -0.3 is 15.4 Å². The van der Waals surface area contributed by atoms with Gasteiger partial charge in [-0.2, -0.15) is 11.8 Å². The number of rotatable bonds is 6. The standard InChI is InChI=1S/C15H22N2O3S/c1-10-5-6-11(2)13(9-10)17-15(19)16-12(7-8-21-4)14(18)20-3/h5-6,9,12H,7-8H2,1-4H3,(H2,16,17,19)/t12-/m1/s1. The van der Waals surface area contributed by atoms with Crippen molar-refractivity contribution in [3.63, 3.8) is 0 Å². The molecule has 0 unspecified atom stereocenters. The topological polar surface area (TPSA) is 67.4 Å². The molecule has 0 fully saturated rings. The molecular formula is C15H22N2O3S. The number of ether oxygens (including phenoxy) is 1. The maximum atomic E-state index is 12.0. The van der Waals surface area contributed by atoms with E-state index in [1.165, 1.54) is 7.11 Å². The highest BCUT2D eigenvalue weighted by atomic mass is 32.2. The second-order valence-corrected chi connectivity index (χ2v) is 5.76. The smallest absolute Gasteiger partial charge is 0.328 e. The van der Waals surface area contributed by atoms with Crippen LogP contribution in [-0.2, 0) is 9.53 Å². The molecule has 6 heteroatoms. The van der Waals surface area contributed by atoms with Crippen LogP contribution in [0.25, 0.3) is 0 Å². The summed E-state index contributed by atoms with van der Waals surface area (Å²) < 4.78 is 4.71. The van der Waals surface area contributed by atoms with Crippen LogP contribution in [0.1, 0.15) is 17.5 Å². The number of nitrogens with one attached hydrogen (secondary N) is 2. The van der Waals surface area contributed by atoms with Crippen LogP contribution < -0.4 is 10.6 Å². The average Bonchev–Trinajstić information content (AvgIpc) is 2.46. The van der Waals surface area contributed by atoms with Crippen LogP contribution in [0, 0.1) is 13.8 Å². The minimum Gasteiger partial charge on any atom is -0.467 e. The van der Waals surface area contributed by atoms with Crippen LogP contribution in [0.2, 0.25) is 0 Å². The predicted octanol–water partition coefficient (Wildman–Crippen LogP) is 2.72. The van der Waals surface area contributed by atoms with Crippen molar-refractivity contribution in [1.82, 2.24) is 5.32 Å². The van der Waals surface area contributed by atoms with Crippen LogP contribution in [0.3, 0.4) is 0 Å². The van der Waals surface area contributed by atoms with Crippen LogP contribution in [-0.4, -0.2) is 37.2 Å². The zero-order valence-corrected chi connectivity index (χ0v) is 13.7. The van der Waals surface area contributed by atoms with Crippen molar-refractivity contribution < 1.29 is 14.3 Å². The van der Waals surface area contributed by atoms with Gasteiger partial charge in [-0.15, -0.1) is 0 Å². The summed E-state index contributed by atoms with van der Waals surface area (Å²) in [5.74, 6) is 0.337. The molecule has 2 N–H and O–H groups in total. The number of methoxy groups -OCH3 is 1. The molecular weight excluding hydrogens is 288 g/mol. The summed E-state index contributed by atoms with van der Waals surface area (Å²) in [6, 6.07) is 4.78. The van der Waals surface area contributed by atoms with Gasteiger partial charge >= 0.3 is 12.0 Å². The molecule has 0 aromatic heterocycles. The Bertz CT molecular complexity index is 506. The van der Waals surface area contributed by atoms with Crippen LogP contribution in [0.15, 0.2) is 18.2 Å². The third-order valence-corrected chi connectivity index (χ3v) is 3.69. The summed E-state index contributed by atoms with van der Waals surface area (Å²) >= 11 is 1.61. The fourth-order valence-corrected chi connectivity index (χ4v) is 2.29. The molecule has 1 aromatic rings. The lowest BCUT2D eigenvalue weighted by atomic mass is 10.1. The number of carbonyl (C=O) groups is 2. The van der Waals surface area contributed by atoms with E-state index in [-0.39, 0.29) is 0 Å². The number of hydrogen-bond acceptors (Lipinski definition) is 4. The number of anilines is 1. The number of amides is 2. The van der Waals surface area contributed by atoms with E-state index < -0.39 is 18.0 Å². The molecule has 0 aliphatic heterocycles. The summed E-state index contributed by atoms with van der Waals surface area (Å²) in [6.45, 7) is 3.87. The van der Waals surface area contributed by atoms with Gasteiger partial charge in [-0.05, 0) is 49.5 Å². The van der Waals surface area contributed by atoms with Gasteiger partial charge in [0.15, 0.2) is 0 Å². The zero-order chi connectivity index (χ0) is 15.8. The summed E-state index contributed by atoms with van der Waals surface area (Å²) in [7, 11) is 1.32. The Morgan fingerprint density at radius 3 is 2.67 bits per heavy atom. The highest BCUT2D eigenvalue weighted by Gasteiger charge is 2.21. The first-order valence-electron chi connectivity index (χ1n) is 6.69. The van der Waals surface area contributed by atoms with E-state index in [1.54, 1.807) is 11.8 Å². The molecule has 1 aromatic carbocycles. The number of hydrogen-bond donors (Lipinski definition) is 2. The Morgan fingerprint density at radius 1 is 1.33 bits per heavy atom. The van der Waals surface area contributed by atoms with E-state index in [0.29, 0.717) is 6.42 Å². The van der Waals surface area contributed by atoms with Gasteiger partial charge in [0, 0.05) is 5.69 Å². The maximum Gasteiger partial charge on any atom is 0.328 e. The average molecular weight is 310 g/mol. The second-order valence-electron chi connectivity index (χ2n) is 4.77. The quantitative estimate of drug-likeness (QED) is 0.793. The third-order valence-electron chi connectivity index (χ3n) is 3.04. The molecule has 0 aliphatic carbocycles. The Labute approximate surface area is 129 Å². The first-order chi connectivity index (χ1) is 9.97. The SMILES string of the molecule is COC(=O)[C@@H](CCSC)NC(=O)Nc1cc(C)ccc1C. The summed E-state index contributed by atoms with van der Waals surface area (Å²) in [5, 5.41) is 5.43. The Kier molecular flexibility index (Phi) is 7.08. The van der Waals surface area contributed by atoms with Gasteiger partial charge in [0.1, 0.15) is 6.04 Å². The number of aryl methyl sites for hydroxylation is 2. The van der Waals surface area contributed by atoms with Gasteiger partial charge in [-0.1, -0.05) is 12.1 Å². The van der Waals surface area contributed by atoms with E-state index in [0.717, 1.165) is 22.6 Å². The number of urea groups is 1. The normalized spacial score (nSPS) is 11.6. The van der Waals surface area contributed by atoms with Crippen LogP contribution >= 0.6 is 11.8 Å². The molecule has 0 aliphatic rings. The van der Waals surface area contributed by atoms with Gasteiger partial charge in [0.25, 0.3) is 0 Å². The lowest BCUT2D eigenvalue weighted by Gasteiger charge is -2.17. The van der Waals surface area contributed by atoms with Gasteiger partial charge in [-0.25, -0.2) is 9.59 Å². The highest BCUT2D eigenvalue weighted by Crippen LogP contribution is 2.16. The highest BCUT2D eigenvalue weighted by molar-refractivity contribution is 7.98. The minimum atomic E-state index is -0.632. The van der Waals surface area contributed by atoms with Gasteiger partial charge in [0.05, 0.1) is 7.11 Å². The fraction of sp³-hybridized carbons (Fsp3) is 0.467. The molecule has 2 amide bonds. The molecule has 0 spiro atoms. The monoisotopic (exact) mass is 310 g/mol. The second kappa shape index (κ2) is 8.56. The van der Waals surface area contributed by atoms with Crippen molar-refractivity contribution in [3.05, 3.63) is 29.3 Å². The van der Waals surface area contributed by atoms with Crippen molar-refractivity contribution >= 4 is 29.4 Å². The Balaban J connectivity index is 2.68. The summed E-state index contributed by atoms with van der Waals surface area (Å²) in [4.78, 5) is 23.7. The molecule has 0 heterocycles. The number of thioether (sulfide) groups is 1. The van der Waals surface area contributed by atoms with Crippen molar-refractivity contribution in [2.45, 2.75) is 26.3 Å². The maximum absolute atomic E-state index is 12.0. The molecule has 5 nitrogen and oxygen atoms in total. The molecule has 21 heavy (non-hydrogen) atoms. The molecule has 0 saturated carbocycles. The zero-order valence-electron chi connectivity index (χ0n) is 12.9. The van der Waals surface area contributed by atoms with Crippen LogP contribution in [0.5, 0.6) is 0 Å². The third kappa shape index (κ3) is 5.67. The molecule has 116 valence electrons. The summed E-state index contributed by atoms with van der Waals surface area (Å²) in [6.07, 6.45) is 2.48. The summed E-state index contributed by atoms with van der Waals surface area (Å²) in [5.41, 5.74) is 2.76. The molecule has 0 radical (unpaired) electrons.